The van der Waals surface area contributed by atoms with Crippen LogP contribution >= 0.6 is 0 Å². The van der Waals surface area contributed by atoms with Gasteiger partial charge in [0.25, 0.3) is 5.91 Å². The Labute approximate surface area is 152 Å². The third-order valence-electron chi connectivity index (χ3n) is 4.34. The van der Waals surface area contributed by atoms with Gasteiger partial charge in [0.2, 0.25) is 0 Å². The molecule has 1 amide bonds. The standard InChI is InChI=1S/C19H19NO5S/c1-2-26(23,24)17-10-6-4-8-15(17)19(22)25-13-18(21)20-12-11-14-7-3-5-9-16(14)20/h3-10H,2,11-13H2,1H3. The smallest absolute Gasteiger partial charge is 0.339 e. The highest BCUT2D eigenvalue weighted by atomic mass is 32.2. The average molecular weight is 373 g/mol. The van der Waals surface area contributed by atoms with Gasteiger partial charge in [0.15, 0.2) is 16.4 Å². The van der Waals surface area contributed by atoms with Crippen molar-refractivity contribution in [3.63, 3.8) is 0 Å². The van der Waals surface area contributed by atoms with Gasteiger partial charge in [0.1, 0.15) is 0 Å². The van der Waals surface area contributed by atoms with Crippen molar-refractivity contribution in [3.05, 3.63) is 59.7 Å². The number of hydrogen-bond acceptors (Lipinski definition) is 5. The molecule has 0 spiro atoms. The second kappa shape index (κ2) is 7.29. The zero-order valence-electron chi connectivity index (χ0n) is 14.3. The van der Waals surface area contributed by atoms with Crippen molar-refractivity contribution in [2.75, 3.05) is 23.8 Å². The molecule has 1 aliphatic heterocycles. The minimum Gasteiger partial charge on any atom is -0.452 e. The molecule has 0 unspecified atom stereocenters. The summed E-state index contributed by atoms with van der Waals surface area (Å²) in [7, 11) is -3.56. The fourth-order valence-electron chi connectivity index (χ4n) is 2.94. The first kappa shape index (κ1) is 18.1. The molecule has 0 bridgehead atoms. The summed E-state index contributed by atoms with van der Waals surface area (Å²) in [5.74, 6) is -1.28. The molecule has 1 aliphatic rings. The Morgan fingerprint density at radius 1 is 1.08 bits per heavy atom. The molecule has 0 saturated carbocycles. The number of para-hydroxylation sites is 1. The van der Waals surface area contributed by atoms with Crippen LogP contribution in [0.3, 0.4) is 0 Å². The highest BCUT2D eigenvalue weighted by molar-refractivity contribution is 7.91. The Morgan fingerprint density at radius 3 is 2.54 bits per heavy atom. The quantitative estimate of drug-likeness (QED) is 0.751. The van der Waals surface area contributed by atoms with E-state index in [2.05, 4.69) is 0 Å². The van der Waals surface area contributed by atoms with Crippen molar-refractivity contribution >= 4 is 27.4 Å². The van der Waals surface area contributed by atoms with E-state index in [1.54, 1.807) is 17.0 Å². The molecule has 0 atom stereocenters. The maximum absolute atomic E-state index is 12.4. The predicted octanol–water partition coefficient (Wildman–Crippen LogP) is 2.23. The van der Waals surface area contributed by atoms with Gasteiger partial charge in [-0.25, -0.2) is 13.2 Å². The number of amides is 1. The summed E-state index contributed by atoms with van der Waals surface area (Å²) in [4.78, 5) is 26.3. The van der Waals surface area contributed by atoms with E-state index in [0.29, 0.717) is 6.54 Å². The summed E-state index contributed by atoms with van der Waals surface area (Å²) >= 11 is 0. The maximum Gasteiger partial charge on any atom is 0.339 e. The largest absolute Gasteiger partial charge is 0.452 e. The first-order valence-corrected chi connectivity index (χ1v) is 9.96. The Hall–Kier alpha value is -2.67. The van der Waals surface area contributed by atoms with E-state index in [-0.39, 0.29) is 22.1 Å². The maximum atomic E-state index is 12.4. The number of esters is 1. The molecule has 0 saturated heterocycles. The third kappa shape index (κ3) is 3.48. The minimum absolute atomic E-state index is 0.0519. The van der Waals surface area contributed by atoms with Crippen molar-refractivity contribution in [1.82, 2.24) is 0 Å². The van der Waals surface area contributed by atoms with Crippen LogP contribution in [0.25, 0.3) is 0 Å². The second-order valence-corrected chi connectivity index (χ2v) is 8.15. The van der Waals surface area contributed by atoms with Crippen LogP contribution in [0.1, 0.15) is 22.8 Å². The van der Waals surface area contributed by atoms with Gasteiger partial charge in [-0.3, -0.25) is 4.79 Å². The number of sulfone groups is 1. The lowest BCUT2D eigenvalue weighted by molar-refractivity contribution is -0.121. The lowest BCUT2D eigenvalue weighted by Crippen LogP contribution is -2.33. The molecule has 6 nitrogen and oxygen atoms in total. The highest BCUT2D eigenvalue weighted by Gasteiger charge is 2.26. The Bertz CT molecular complexity index is 952. The molecular formula is C19H19NO5S. The van der Waals surface area contributed by atoms with E-state index >= 15 is 0 Å². The van der Waals surface area contributed by atoms with E-state index in [0.717, 1.165) is 17.7 Å². The molecule has 26 heavy (non-hydrogen) atoms. The van der Waals surface area contributed by atoms with E-state index in [9.17, 15) is 18.0 Å². The van der Waals surface area contributed by atoms with Crippen molar-refractivity contribution in [2.24, 2.45) is 0 Å². The lowest BCUT2D eigenvalue weighted by Gasteiger charge is -2.17. The van der Waals surface area contributed by atoms with Crippen molar-refractivity contribution in [2.45, 2.75) is 18.2 Å². The van der Waals surface area contributed by atoms with Crippen LogP contribution in [0.2, 0.25) is 0 Å². The monoisotopic (exact) mass is 373 g/mol. The van der Waals surface area contributed by atoms with Gasteiger partial charge in [-0.05, 0) is 30.2 Å². The third-order valence-corrected chi connectivity index (χ3v) is 6.12. The summed E-state index contributed by atoms with van der Waals surface area (Å²) in [5.41, 5.74) is 1.85. The first-order valence-electron chi connectivity index (χ1n) is 8.31. The molecule has 3 rings (SSSR count). The van der Waals surface area contributed by atoms with Gasteiger partial charge in [-0.15, -0.1) is 0 Å². The predicted molar refractivity (Wildman–Crippen MR) is 97.0 cm³/mol. The van der Waals surface area contributed by atoms with E-state index in [1.165, 1.54) is 19.1 Å². The molecular weight excluding hydrogens is 354 g/mol. The molecule has 2 aromatic carbocycles. The number of benzene rings is 2. The number of ether oxygens (including phenoxy) is 1. The zero-order valence-corrected chi connectivity index (χ0v) is 15.2. The topological polar surface area (TPSA) is 80.7 Å². The molecule has 1 heterocycles. The summed E-state index contributed by atoms with van der Waals surface area (Å²) in [6.45, 7) is 1.61. The fourth-order valence-corrected chi connectivity index (χ4v) is 4.03. The lowest BCUT2D eigenvalue weighted by atomic mass is 10.2. The zero-order chi connectivity index (χ0) is 18.7. The summed E-state index contributed by atoms with van der Waals surface area (Å²) in [5, 5.41) is 0. The molecule has 136 valence electrons. The number of fused-ring (bicyclic) bond motifs is 1. The summed E-state index contributed by atoms with van der Waals surface area (Å²) in [6.07, 6.45) is 0.757. The van der Waals surface area contributed by atoms with Crippen LogP contribution in [-0.4, -0.2) is 39.2 Å². The van der Waals surface area contributed by atoms with E-state index in [4.69, 9.17) is 4.74 Å². The normalized spacial score (nSPS) is 13.3. The van der Waals surface area contributed by atoms with Crippen LogP contribution in [0.5, 0.6) is 0 Å². The molecule has 7 heteroatoms. The van der Waals surface area contributed by atoms with Crippen LogP contribution in [0.4, 0.5) is 5.69 Å². The van der Waals surface area contributed by atoms with Gasteiger partial charge in [0, 0.05) is 12.2 Å². The van der Waals surface area contributed by atoms with Crippen molar-refractivity contribution in [1.29, 1.82) is 0 Å². The summed E-state index contributed by atoms with van der Waals surface area (Å²) in [6, 6.07) is 13.4. The highest BCUT2D eigenvalue weighted by Crippen LogP contribution is 2.27. The number of nitrogens with zero attached hydrogens (tertiary/aromatic N) is 1. The van der Waals surface area contributed by atoms with Crippen LogP contribution in [0, 0.1) is 0 Å². The fraction of sp³-hybridized carbons (Fsp3) is 0.263. The van der Waals surface area contributed by atoms with Crippen LogP contribution in [-0.2, 0) is 25.8 Å². The van der Waals surface area contributed by atoms with Gasteiger partial charge >= 0.3 is 5.97 Å². The van der Waals surface area contributed by atoms with Crippen LogP contribution < -0.4 is 4.90 Å². The summed E-state index contributed by atoms with van der Waals surface area (Å²) < 4.78 is 29.4. The van der Waals surface area contributed by atoms with E-state index in [1.807, 2.05) is 24.3 Å². The van der Waals surface area contributed by atoms with Gasteiger partial charge in [-0.2, -0.15) is 0 Å². The van der Waals surface area contributed by atoms with Crippen molar-refractivity contribution in [3.8, 4) is 0 Å². The first-order chi connectivity index (χ1) is 12.4. The molecule has 0 aromatic heterocycles. The van der Waals surface area contributed by atoms with Crippen molar-refractivity contribution < 1.29 is 22.7 Å². The number of rotatable bonds is 5. The van der Waals surface area contributed by atoms with Gasteiger partial charge < -0.3 is 9.64 Å². The van der Waals surface area contributed by atoms with Gasteiger partial charge in [-0.1, -0.05) is 37.3 Å². The molecule has 0 radical (unpaired) electrons. The molecule has 2 aromatic rings. The Morgan fingerprint density at radius 2 is 1.77 bits per heavy atom. The Kier molecular flexibility index (Phi) is 5.08. The van der Waals surface area contributed by atoms with E-state index < -0.39 is 22.4 Å². The SMILES string of the molecule is CCS(=O)(=O)c1ccccc1C(=O)OCC(=O)N1CCc2ccccc21. The second-order valence-electron chi connectivity index (χ2n) is 5.90. The number of carbonyl (C=O) groups is 2. The van der Waals surface area contributed by atoms with Gasteiger partial charge in [0.05, 0.1) is 16.2 Å². The molecule has 0 N–H and O–H groups in total. The Balaban J connectivity index is 1.72. The number of carbonyl (C=O) groups excluding carboxylic acids is 2. The molecule has 0 fully saturated rings. The van der Waals surface area contributed by atoms with Crippen LogP contribution in [0.15, 0.2) is 53.4 Å². The molecule has 0 aliphatic carbocycles. The number of hydrogen-bond donors (Lipinski definition) is 0. The average Bonchev–Trinajstić information content (AvgIpc) is 3.10. The minimum atomic E-state index is -3.56. The number of anilines is 1.